The van der Waals surface area contributed by atoms with Gasteiger partial charge in [0.2, 0.25) is 0 Å². The summed E-state index contributed by atoms with van der Waals surface area (Å²) in [6, 6.07) is 10.8. The first-order valence-electron chi connectivity index (χ1n) is 9.82. The van der Waals surface area contributed by atoms with E-state index in [9.17, 15) is 13.6 Å². The normalized spacial score (nSPS) is 14.4. The van der Waals surface area contributed by atoms with Crippen molar-refractivity contribution in [1.29, 1.82) is 0 Å². The molecule has 0 radical (unpaired) electrons. The van der Waals surface area contributed by atoms with E-state index in [0.29, 0.717) is 41.7 Å². The highest BCUT2D eigenvalue weighted by molar-refractivity contribution is 6.06. The van der Waals surface area contributed by atoms with Gasteiger partial charge in [-0.15, -0.1) is 0 Å². The van der Waals surface area contributed by atoms with Crippen molar-refractivity contribution in [3.05, 3.63) is 83.2 Å². The van der Waals surface area contributed by atoms with Gasteiger partial charge >= 0.3 is 0 Å². The van der Waals surface area contributed by atoms with E-state index in [1.165, 1.54) is 24.3 Å². The molecule has 1 aliphatic rings. The summed E-state index contributed by atoms with van der Waals surface area (Å²) in [6.07, 6.45) is 4.64. The van der Waals surface area contributed by atoms with Gasteiger partial charge in [0.15, 0.2) is 0 Å². The largest absolute Gasteiger partial charge is 0.360 e. The lowest BCUT2D eigenvalue weighted by atomic mass is 9.98. The van der Waals surface area contributed by atoms with Gasteiger partial charge in [-0.3, -0.25) is 9.78 Å². The van der Waals surface area contributed by atoms with Gasteiger partial charge in [-0.2, -0.15) is 0 Å². The topological polar surface area (TPSA) is 49.0 Å². The smallest absolute Gasteiger partial charge is 0.254 e. The quantitative estimate of drug-likeness (QED) is 0.498. The zero-order chi connectivity index (χ0) is 20.8. The molecule has 3 heterocycles. The zero-order valence-electron chi connectivity index (χ0n) is 16.4. The molecule has 5 rings (SSSR count). The second kappa shape index (κ2) is 7.06. The first kappa shape index (κ1) is 18.5. The third-order valence-corrected chi connectivity index (χ3v) is 5.62. The Morgan fingerprint density at radius 2 is 1.83 bits per heavy atom. The third-order valence-electron chi connectivity index (χ3n) is 5.62. The van der Waals surface area contributed by atoms with Crippen molar-refractivity contribution in [1.82, 2.24) is 14.9 Å². The van der Waals surface area contributed by atoms with Crippen molar-refractivity contribution in [2.45, 2.75) is 13.3 Å². The van der Waals surface area contributed by atoms with E-state index in [-0.39, 0.29) is 17.5 Å². The molecule has 4 aromatic rings. The number of pyridine rings is 1. The van der Waals surface area contributed by atoms with Crippen LogP contribution in [0.1, 0.15) is 28.0 Å². The number of aryl methyl sites for hydroxylation is 1. The Morgan fingerprint density at radius 1 is 1.07 bits per heavy atom. The Bertz CT molecular complexity index is 1330. The van der Waals surface area contributed by atoms with Crippen LogP contribution in [0.2, 0.25) is 0 Å². The number of halogens is 2. The van der Waals surface area contributed by atoms with Gasteiger partial charge in [0.25, 0.3) is 5.91 Å². The average Bonchev–Trinajstić information content (AvgIpc) is 3.15. The van der Waals surface area contributed by atoms with Crippen LogP contribution in [0.25, 0.3) is 27.4 Å². The zero-order valence-corrected chi connectivity index (χ0v) is 16.4. The summed E-state index contributed by atoms with van der Waals surface area (Å²) < 4.78 is 27.0. The van der Waals surface area contributed by atoms with Gasteiger partial charge in [0.05, 0.1) is 11.1 Å². The molecule has 0 bridgehead atoms. The van der Waals surface area contributed by atoms with E-state index in [1.807, 2.05) is 12.3 Å². The highest BCUT2D eigenvalue weighted by Gasteiger charge is 2.22. The molecule has 0 spiro atoms. The van der Waals surface area contributed by atoms with Gasteiger partial charge in [0, 0.05) is 52.9 Å². The fraction of sp³-hybridized carbons (Fsp3) is 0.167. The molecule has 1 aliphatic heterocycles. The van der Waals surface area contributed by atoms with Crippen molar-refractivity contribution >= 4 is 33.3 Å². The Morgan fingerprint density at radius 3 is 2.60 bits per heavy atom. The van der Waals surface area contributed by atoms with Crippen LogP contribution in [0.15, 0.2) is 54.7 Å². The molecule has 1 N–H and O–H groups in total. The molecule has 1 amide bonds. The summed E-state index contributed by atoms with van der Waals surface area (Å²) in [5, 5.41) is 1.63. The van der Waals surface area contributed by atoms with E-state index in [4.69, 9.17) is 0 Å². The van der Waals surface area contributed by atoms with Crippen molar-refractivity contribution in [3.63, 3.8) is 0 Å². The van der Waals surface area contributed by atoms with Crippen LogP contribution in [0, 0.1) is 18.6 Å². The fourth-order valence-corrected chi connectivity index (χ4v) is 4.14. The first-order valence-corrected chi connectivity index (χ1v) is 9.82. The number of hydrogen-bond acceptors (Lipinski definition) is 2. The number of carbonyl (C=O) groups excluding carboxylic acids is 1. The van der Waals surface area contributed by atoms with Crippen molar-refractivity contribution in [2.75, 3.05) is 13.1 Å². The molecule has 0 aliphatic carbocycles. The molecule has 30 heavy (non-hydrogen) atoms. The Kier molecular flexibility index (Phi) is 4.35. The lowest BCUT2D eigenvalue weighted by molar-refractivity contribution is 0.0774. The maximum atomic E-state index is 13.6. The minimum Gasteiger partial charge on any atom is -0.360 e. The lowest BCUT2D eigenvalue weighted by Crippen LogP contribution is -2.34. The molecule has 4 nitrogen and oxygen atoms in total. The van der Waals surface area contributed by atoms with Crippen molar-refractivity contribution in [3.8, 4) is 0 Å². The Labute approximate surface area is 171 Å². The number of nitrogens with zero attached hydrogens (tertiary/aromatic N) is 2. The van der Waals surface area contributed by atoms with Crippen LogP contribution in [0.5, 0.6) is 0 Å². The number of amides is 1. The van der Waals surface area contributed by atoms with Gasteiger partial charge in [-0.05, 0) is 55.3 Å². The molecule has 6 heteroatoms. The Balaban J connectivity index is 1.44. The SMILES string of the molecule is Cc1cc(C(=O)N2CC=C(c3c[nH]c4cc(F)ccc34)CC2)c2ccc(F)cc2n1. The van der Waals surface area contributed by atoms with Crippen LogP contribution in [0.4, 0.5) is 8.78 Å². The highest BCUT2D eigenvalue weighted by atomic mass is 19.1. The van der Waals surface area contributed by atoms with Crippen LogP contribution in [-0.2, 0) is 0 Å². The number of nitrogens with one attached hydrogen (secondary N) is 1. The van der Waals surface area contributed by atoms with Crippen molar-refractivity contribution < 1.29 is 13.6 Å². The van der Waals surface area contributed by atoms with E-state index < -0.39 is 0 Å². The average molecular weight is 403 g/mol. The van der Waals surface area contributed by atoms with Crippen molar-refractivity contribution in [2.24, 2.45) is 0 Å². The number of aromatic amines is 1. The lowest BCUT2D eigenvalue weighted by Gasteiger charge is -2.27. The van der Waals surface area contributed by atoms with Gasteiger partial charge < -0.3 is 9.88 Å². The second-order valence-corrected chi connectivity index (χ2v) is 7.60. The molecule has 2 aromatic carbocycles. The molecule has 0 saturated heterocycles. The fourth-order valence-electron chi connectivity index (χ4n) is 4.14. The summed E-state index contributed by atoms with van der Waals surface area (Å²) in [5.41, 5.74) is 4.63. The molecule has 0 fully saturated rings. The predicted octanol–water partition coefficient (Wildman–Crippen LogP) is 5.23. The summed E-state index contributed by atoms with van der Waals surface area (Å²) in [6.45, 7) is 2.85. The maximum absolute atomic E-state index is 13.6. The molecule has 0 atom stereocenters. The maximum Gasteiger partial charge on any atom is 0.254 e. The summed E-state index contributed by atoms with van der Waals surface area (Å²) in [5.74, 6) is -0.735. The molecular weight excluding hydrogens is 384 g/mol. The van der Waals surface area contributed by atoms with E-state index in [2.05, 4.69) is 9.97 Å². The molecule has 150 valence electrons. The van der Waals surface area contributed by atoms with E-state index >= 15 is 0 Å². The first-order chi connectivity index (χ1) is 14.5. The van der Waals surface area contributed by atoms with Crippen LogP contribution in [0.3, 0.4) is 0 Å². The van der Waals surface area contributed by atoms with Crippen LogP contribution < -0.4 is 0 Å². The molecule has 2 aromatic heterocycles. The summed E-state index contributed by atoms with van der Waals surface area (Å²) in [7, 11) is 0. The number of carbonyl (C=O) groups is 1. The van der Waals surface area contributed by atoms with Crippen LogP contribution >= 0.6 is 0 Å². The van der Waals surface area contributed by atoms with E-state index in [1.54, 1.807) is 30.0 Å². The minimum atomic E-state index is -0.372. The molecular formula is C24H19F2N3O. The van der Waals surface area contributed by atoms with Gasteiger partial charge in [0.1, 0.15) is 11.6 Å². The summed E-state index contributed by atoms with van der Waals surface area (Å²) in [4.78, 5) is 22.5. The highest BCUT2D eigenvalue weighted by Crippen LogP contribution is 2.30. The monoisotopic (exact) mass is 403 g/mol. The van der Waals surface area contributed by atoms with Crippen LogP contribution in [-0.4, -0.2) is 33.9 Å². The van der Waals surface area contributed by atoms with E-state index in [0.717, 1.165) is 22.0 Å². The number of H-pyrrole nitrogens is 1. The molecule has 0 unspecified atom stereocenters. The Hall–Kier alpha value is -3.54. The standard InChI is InChI=1S/C24H19F2N3O/c1-14-10-20(18-4-2-17(26)12-23(18)28-14)24(30)29-8-6-15(7-9-29)21-13-27-22-11-16(25)3-5-19(21)22/h2-6,10-13,27H,7-9H2,1H3. The number of fused-ring (bicyclic) bond motifs is 2. The predicted molar refractivity (Wildman–Crippen MR) is 113 cm³/mol. The molecule has 0 saturated carbocycles. The number of hydrogen-bond donors (Lipinski definition) is 1. The second-order valence-electron chi connectivity index (χ2n) is 7.60. The number of aromatic nitrogens is 2. The summed E-state index contributed by atoms with van der Waals surface area (Å²) >= 11 is 0. The van der Waals surface area contributed by atoms with Gasteiger partial charge in [-0.1, -0.05) is 6.08 Å². The number of rotatable bonds is 2. The van der Waals surface area contributed by atoms with Gasteiger partial charge in [-0.25, -0.2) is 8.78 Å². The number of benzene rings is 2. The third kappa shape index (κ3) is 3.14. The minimum absolute atomic E-state index is 0.0894.